The number of fused-ring (bicyclic) bond motifs is 1. The summed E-state index contributed by atoms with van der Waals surface area (Å²) in [4.78, 5) is 12.2. The number of hydrogen-bond acceptors (Lipinski definition) is 7. The number of nitriles is 1. The molecule has 1 N–H and O–H groups in total. The molecule has 2 aromatic carbocycles. The Morgan fingerprint density at radius 1 is 1.21 bits per heavy atom. The van der Waals surface area contributed by atoms with E-state index in [1.807, 2.05) is 48.1 Å². The Morgan fingerprint density at radius 3 is 2.69 bits per heavy atom. The molecule has 7 nitrogen and oxygen atoms in total. The molecule has 0 saturated heterocycles. The number of aromatic nitrogens is 3. The standard InChI is InChI=1S/C30H33ClN6OS/c1-5-37(6-2)14-9-7-8-10-21-16-26-24(18-27(21)38-4)29(22(19-32)20-34-26)35-23-11-12-28(25(31)17-23)39-30-33-13-15-36(30)3/h8,10-13,15-18,20H,5-7,9,14H2,1-4H3,(H,34,35). The van der Waals surface area contributed by atoms with Gasteiger partial charge in [-0.3, -0.25) is 4.98 Å². The van der Waals surface area contributed by atoms with Crippen LogP contribution in [-0.2, 0) is 7.05 Å². The van der Waals surface area contributed by atoms with Crippen molar-refractivity contribution in [1.29, 1.82) is 5.26 Å². The van der Waals surface area contributed by atoms with E-state index in [1.54, 1.807) is 19.5 Å². The maximum atomic E-state index is 9.83. The van der Waals surface area contributed by atoms with Gasteiger partial charge in [0.2, 0.25) is 0 Å². The Labute approximate surface area is 239 Å². The van der Waals surface area contributed by atoms with Crippen LogP contribution < -0.4 is 10.1 Å². The predicted octanol–water partition coefficient (Wildman–Crippen LogP) is 7.53. The first kappa shape index (κ1) is 28.5. The lowest BCUT2D eigenvalue weighted by Gasteiger charge is -2.16. The van der Waals surface area contributed by atoms with Gasteiger partial charge in [0.25, 0.3) is 0 Å². The second-order valence-electron chi connectivity index (χ2n) is 9.03. The maximum absolute atomic E-state index is 9.83. The molecule has 0 saturated carbocycles. The van der Waals surface area contributed by atoms with E-state index in [4.69, 9.17) is 16.3 Å². The van der Waals surface area contributed by atoms with Crippen molar-refractivity contribution in [3.05, 3.63) is 71.1 Å². The lowest BCUT2D eigenvalue weighted by Crippen LogP contribution is -2.23. The largest absolute Gasteiger partial charge is 0.496 e. The van der Waals surface area contributed by atoms with E-state index < -0.39 is 0 Å². The summed E-state index contributed by atoms with van der Waals surface area (Å²) in [5.74, 6) is 0.724. The highest BCUT2D eigenvalue weighted by Gasteiger charge is 2.14. The highest BCUT2D eigenvalue weighted by atomic mass is 35.5. The zero-order valence-electron chi connectivity index (χ0n) is 22.7. The number of rotatable bonds is 12. The minimum absolute atomic E-state index is 0.437. The number of hydrogen-bond donors (Lipinski definition) is 1. The van der Waals surface area contributed by atoms with E-state index in [9.17, 15) is 5.26 Å². The van der Waals surface area contributed by atoms with Gasteiger partial charge in [-0.05, 0) is 62.8 Å². The van der Waals surface area contributed by atoms with Gasteiger partial charge < -0.3 is 19.5 Å². The summed E-state index contributed by atoms with van der Waals surface area (Å²) in [6.07, 6.45) is 11.6. The van der Waals surface area contributed by atoms with E-state index in [-0.39, 0.29) is 0 Å². The fourth-order valence-corrected chi connectivity index (χ4v) is 5.40. The second kappa shape index (κ2) is 13.5. The number of nitrogens with zero attached hydrogens (tertiary/aromatic N) is 5. The minimum Gasteiger partial charge on any atom is -0.496 e. The third-order valence-corrected chi connectivity index (χ3v) is 8.13. The Hall–Kier alpha value is -3.51. The number of nitrogens with one attached hydrogen (secondary N) is 1. The Kier molecular flexibility index (Phi) is 9.88. The maximum Gasteiger partial charge on any atom is 0.172 e. The van der Waals surface area contributed by atoms with Crippen molar-refractivity contribution in [2.75, 3.05) is 32.1 Å². The van der Waals surface area contributed by atoms with Crippen molar-refractivity contribution in [1.82, 2.24) is 19.4 Å². The quantitative estimate of drug-likeness (QED) is 0.179. The fourth-order valence-electron chi connectivity index (χ4n) is 4.30. The van der Waals surface area contributed by atoms with Gasteiger partial charge in [0.15, 0.2) is 5.16 Å². The number of aryl methyl sites for hydroxylation is 1. The first-order valence-corrected chi connectivity index (χ1v) is 14.2. The molecule has 0 spiro atoms. The van der Waals surface area contributed by atoms with E-state index in [1.165, 1.54) is 11.8 Å². The van der Waals surface area contributed by atoms with E-state index in [0.717, 1.165) is 70.4 Å². The molecule has 0 aliphatic carbocycles. The highest BCUT2D eigenvalue weighted by molar-refractivity contribution is 7.99. The highest BCUT2D eigenvalue weighted by Crippen LogP contribution is 2.37. The molecule has 0 bridgehead atoms. The SMILES string of the molecule is CCN(CC)CCCC=Cc1cc2ncc(C#N)c(Nc3ccc(Sc4nccn4C)c(Cl)c3)c2cc1OC. The summed E-state index contributed by atoms with van der Waals surface area (Å²) >= 11 is 8.12. The van der Waals surface area contributed by atoms with Gasteiger partial charge >= 0.3 is 0 Å². The molecule has 0 aliphatic heterocycles. The number of methoxy groups -OCH3 is 1. The second-order valence-corrected chi connectivity index (χ2v) is 10.5. The summed E-state index contributed by atoms with van der Waals surface area (Å²) < 4.78 is 7.67. The Balaban J connectivity index is 1.59. The summed E-state index contributed by atoms with van der Waals surface area (Å²) in [7, 11) is 3.60. The van der Waals surface area contributed by atoms with Crippen molar-refractivity contribution >= 4 is 51.7 Å². The molecule has 0 radical (unpaired) electrons. The molecule has 4 rings (SSSR count). The number of anilines is 2. The molecule has 0 amide bonds. The first-order chi connectivity index (χ1) is 19.0. The van der Waals surface area contributed by atoms with Gasteiger partial charge in [-0.25, -0.2) is 4.98 Å². The van der Waals surface area contributed by atoms with Crippen molar-refractivity contribution in [2.24, 2.45) is 7.05 Å². The number of allylic oxidation sites excluding steroid dienone is 1. The van der Waals surface area contributed by atoms with Crippen molar-refractivity contribution in [3.63, 3.8) is 0 Å². The van der Waals surface area contributed by atoms with Crippen LogP contribution in [0.2, 0.25) is 5.02 Å². The van der Waals surface area contributed by atoms with Gasteiger partial charge in [-0.2, -0.15) is 5.26 Å². The molecule has 0 fully saturated rings. The van der Waals surface area contributed by atoms with Gasteiger partial charge in [-0.15, -0.1) is 0 Å². The van der Waals surface area contributed by atoms with Gasteiger partial charge in [-0.1, -0.05) is 49.4 Å². The van der Waals surface area contributed by atoms with Crippen molar-refractivity contribution in [3.8, 4) is 11.8 Å². The first-order valence-electron chi connectivity index (χ1n) is 13.0. The molecule has 4 aromatic rings. The number of halogens is 1. The third-order valence-electron chi connectivity index (χ3n) is 6.56. The topological polar surface area (TPSA) is 79.0 Å². The molecule has 0 atom stereocenters. The van der Waals surface area contributed by atoms with Gasteiger partial charge in [0.05, 0.1) is 28.9 Å². The van der Waals surface area contributed by atoms with Gasteiger partial charge in [0, 0.05) is 47.2 Å². The average molecular weight is 561 g/mol. The summed E-state index contributed by atoms with van der Waals surface area (Å²) in [5, 5.41) is 15.5. The monoisotopic (exact) mass is 560 g/mol. The third kappa shape index (κ3) is 6.93. The van der Waals surface area contributed by atoms with Crippen LogP contribution in [0, 0.1) is 11.3 Å². The lowest BCUT2D eigenvalue weighted by molar-refractivity contribution is 0.301. The van der Waals surface area contributed by atoms with Crippen LogP contribution in [-0.4, -0.2) is 46.2 Å². The summed E-state index contributed by atoms with van der Waals surface area (Å²) in [6.45, 7) is 7.63. The number of imidazole rings is 1. The molecule has 2 heterocycles. The smallest absolute Gasteiger partial charge is 0.172 e. The molecular formula is C30H33ClN6OS. The molecule has 0 unspecified atom stereocenters. The number of unbranched alkanes of at least 4 members (excludes halogenated alkanes) is 1. The number of ether oxygens (including phenoxy) is 1. The molecule has 9 heteroatoms. The Bertz CT molecular complexity index is 1510. The molecule has 39 heavy (non-hydrogen) atoms. The van der Waals surface area contributed by atoms with E-state index in [2.05, 4.69) is 52.3 Å². The normalized spacial score (nSPS) is 11.4. The average Bonchev–Trinajstić information content (AvgIpc) is 3.35. The van der Waals surface area contributed by atoms with Crippen molar-refractivity contribution < 1.29 is 4.74 Å². The van der Waals surface area contributed by atoms with Crippen LogP contribution in [0.1, 0.15) is 37.8 Å². The predicted molar refractivity (Wildman–Crippen MR) is 161 cm³/mol. The molecule has 0 aliphatic rings. The van der Waals surface area contributed by atoms with Crippen LogP contribution >= 0.6 is 23.4 Å². The lowest BCUT2D eigenvalue weighted by atomic mass is 10.0. The molecule has 2 aromatic heterocycles. The fraction of sp³-hybridized carbons (Fsp3) is 0.300. The van der Waals surface area contributed by atoms with Gasteiger partial charge in [0.1, 0.15) is 11.8 Å². The Morgan fingerprint density at radius 2 is 2.03 bits per heavy atom. The summed E-state index contributed by atoms with van der Waals surface area (Å²) in [6, 6.07) is 11.9. The van der Waals surface area contributed by atoms with Crippen LogP contribution in [0.15, 0.2) is 65.1 Å². The number of benzene rings is 2. The number of pyridine rings is 1. The van der Waals surface area contributed by atoms with Crippen molar-refractivity contribution in [2.45, 2.75) is 36.7 Å². The molecule has 202 valence electrons. The summed E-state index contributed by atoms with van der Waals surface area (Å²) in [5.41, 5.74) is 3.59. The van der Waals surface area contributed by atoms with E-state index in [0.29, 0.717) is 16.3 Å². The molecular weight excluding hydrogens is 528 g/mol. The van der Waals surface area contributed by atoms with E-state index >= 15 is 0 Å². The van der Waals surface area contributed by atoms with Crippen LogP contribution in [0.4, 0.5) is 11.4 Å². The van der Waals surface area contributed by atoms with Crippen LogP contribution in [0.25, 0.3) is 17.0 Å². The minimum atomic E-state index is 0.437. The van der Waals surface area contributed by atoms with Crippen LogP contribution in [0.5, 0.6) is 5.75 Å². The zero-order chi connectivity index (χ0) is 27.8. The van der Waals surface area contributed by atoms with Crippen LogP contribution in [0.3, 0.4) is 0 Å². The zero-order valence-corrected chi connectivity index (χ0v) is 24.3.